The summed E-state index contributed by atoms with van der Waals surface area (Å²) in [5, 5.41) is 9.49. The molecule has 7 nitrogen and oxygen atoms in total. The Hall–Kier alpha value is -3.22. The first kappa shape index (κ1) is 23.1. The molecule has 0 aromatic heterocycles. The Morgan fingerprint density at radius 1 is 1.07 bits per heavy atom. The summed E-state index contributed by atoms with van der Waals surface area (Å²) < 4.78 is 10.6. The maximum atomic E-state index is 12.4. The smallest absolute Gasteiger partial charge is 0.251 e. The van der Waals surface area contributed by atoms with Crippen LogP contribution in [0.5, 0.6) is 11.5 Å². The summed E-state index contributed by atoms with van der Waals surface area (Å²) in [6.07, 6.45) is 0.892. The molecule has 0 aliphatic rings. The molecule has 1 atom stereocenters. The summed E-state index contributed by atoms with van der Waals surface area (Å²) in [5.41, 5.74) is 2.42. The van der Waals surface area contributed by atoms with Gasteiger partial charge in [0.25, 0.3) is 5.91 Å². The minimum absolute atomic E-state index is 0.0643. The van der Waals surface area contributed by atoms with Crippen molar-refractivity contribution in [2.75, 3.05) is 26.1 Å². The van der Waals surface area contributed by atoms with E-state index in [0.717, 1.165) is 24.2 Å². The number of anilines is 1. The monoisotopic (exact) mass is 412 g/mol. The number of guanidine groups is 1. The SMILES string of the molecule is CCNC(=NCc1cccc(C(=O)NC(C)CC)c1)Nc1ccc(OC)c(OC)c1. The van der Waals surface area contributed by atoms with Gasteiger partial charge >= 0.3 is 0 Å². The fraction of sp³-hybridized carbons (Fsp3) is 0.391. The molecule has 0 heterocycles. The number of carbonyl (C=O) groups is 1. The first-order valence-corrected chi connectivity index (χ1v) is 10.2. The number of rotatable bonds is 9. The van der Waals surface area contributed by atoms with Gasteiger partial charge in [0.05, 0.1) is 20.8 Å². The second kappa shape index (κ2) is 11.7. The number of benzene rings is 2. The van der Waals surface area contributed by atoms with Crippen molar-refractivity contribution in [2.45, 2.75) is 39.8 Å². The van der Waals surface area contributed by atoms with Crippen LogP contribution in [0.3, 0.4) is 0 Å². The minimum atomic E-state index is -0.0643. The number of nitrogens with one attached hydrogen (secondary N) is 3. The standard InChI is InChI=1S/C23H32N4O3/c1-6-16(3)26-22(28)18-10-8-9-17(13-18)15-25-23(24-7-2)27-19-11-12-20(29-4)21(14-19)30-5/h8-14,16H,6-7,15H2,1-5H3,(H,26,28)(H2,24,25,27). The van der Waals surface area contributed by atoms with Crippen molar-refractivity contribution >= 4 is 17.6 Å². The van der Waals surface area contributed by atoms with Gasteiger partial charge in [0, 0.05) is 29.9 Å². The number of methoxy groups -OCH3 is 2. The van der Waals surface area contributed by atoms with Gasteiger partial charge in [-0.25, -0.2) is 4.99 Å². The molecule has 2 rings (SSSR count). The minimum Gasteiger partial charge on any atom is -0.493 e. The van der Waals surface area contributed by atoms with Gasteiger partial charge in [-0.2, -0.15) is 0 Å². The molecule has 0 saturated carbocycles. The molecule has 162 valence electrons. The molecule has 0 saturated heterocycles. The molecule has 3 N–H and O–H groups in total. The van der Waals surface area contributed by atoms with Gasteiger partial charge in [0.1, 0.15) is 0 Å². The van der Waals surface area contributed by atoms with Crippen molar-refractivity contribution in [3.05, 3.63) is 53.6 Å². The molecule has 0 spiro atoms. The van der Waals surface area contributed by atoms with Gasteiger partial charge in [-0.1, -0.05) is 19.1 Å². The van der Waals surface area contributed by atoms with Crippen LogP contribution < -0.4 is 25.4 Å². The van der Waals surface area contributed by atoms with Crippen LogP contribution in [0.2, 0.25) is 0 Å². The maximum Gasteiger partial charge on any atom is 0.251 e. The van der Waals surface area contributed by atoms with Crippen LogP contribution in [0.15, 0.2) is 47.5 Å². The van der Waals surface area contributed by atoms with Crippen molar-refractivity contribution in [3.8, 4) is 11.5 Å². The Morgan fingerprint density at radius 3 is 2.50 bits per heavy atom. The number of hydrogen-bond donors (Lipinski definition) is 3. The van der Waals surface area contributed by atoms with Crippen molar-refractivity contribution in [3.63, 3.8) is 0 Å². The second-order valence-electron chi connectivity index (χ2n) is 6.87. The number of hydrogen-bond acceptors (Lipinski definition) is 4. The van der Waals surface area contributed by atoms with Crippen LogP contribution in [-0.4, -0.2) is 38.7 Å². The predicted molar refractivity (Wildman–Crippen MR) is 122 cm³/mol. The van der Waals surface area contributed by atoms with Crippen molar-refractivity contribution in [1.82, 2.24) is 10.6 Å². The van der Waals surface area contributed by atoms with Crippen molar-refractivity contribution in [1.29, 1.82) is 0 Å². The quantitative estimate of drug-likeness (QED) is 0.431. The normalized spacial score (nSPS) is 12.1. The summed E-state index contributed by atoms with van der Waals surface area (Å²) >= 11 is 0. The van der Waals surface area contributed by atoms with Gasteiger partial charge < -0.3 is 25.4 Å². The molecular formula is C23H32N4O3. The molecule has 7 heteroatoms. The molecule has 0 radical (unpaired) electrons. The lowest BCUT2D eigenvalue weighted by molar-refractivity contribution is 0.0939. The topological polar surface area (TPSA) is 84.0 Å². The number of carbonyl (C=O) groups excluding carboxylic acids is 1. The third kappa shape index (κ3) is 6.69. The lowest BCUT2D eigenvalue weighted by Gasteiger charge is -2.14. The molecular weight excluding hydrogens is 380 g/mol. The van der Waals surface area contributed by atoms with E-state index in [1.54, 1.807) is 14.2 Å². The number of nitrogens with zero attached hydrogens (tertiary/aromatic N) is 1. The van der Waals surface area contributed by atoms with Crippen molar-refractivity contribution < 1.29 is 14.3 Å². The summed E-state index contributed by atoms with van der Waals surface area (Å²) in [7, 11) is 3.21. The Labute approximate surface area is 178 Å². The fourth-order valence-electron chi connectivity index (χ4n) is 2.75. The van der Waals surface area contributed by atoms with E-state index in [9.17, 15) is 4.79 Å². The predicted octanol–water partition coefficient (Wildman–Crippen LogP) is 3.81. The van der Waals surface area contributed by atoms with E-state index in [2.05, 4.69) is 20.9 Å². The second-order valence-corrected chi connectivity index (χ2v) is 6.87. The van der Waals surface area contributed by atoms with Crippen LogP contribution in [0, 0.1) is 0 Å². The van der Waals surface area contributed by atoms with Gasteiger partial charge in [-0.05, 0) is 50.1 Å². The first-order valence-electron chi connectivity index (χ1n) is 10.2. The summed E-state index contributed by atoms with van der Waals surface area (Å²) in [6, 6.07) is 13.3. The molecule has 2 aromatic carbocycles. The molecule has 0 aliphatic heterocycles. The zero-order valence-electron chi connectivity index (χ0n) is 18.4. The summed E-state index contributed by atoms with van der Waals surface area (Å²) in [4.78, 5) is 17.0. The molecule has 0 bridgehead atoms. The largest absolute Gasteiger partial charge is 0.493 e. The van der Waals surface area contributed by atoms with E-state index < -0.39 is 0 Å². The average molecular weight is 413 g/mol. The van der Waals surface area contributed by atoms with Crippen LogP contribution >= 0.6 is 0 Å². The third-order valence-corrected chi connectivity index (χ3v) is 4.59. The van der Waals surface area contributed by atoms with Crippen LogP contribution in [0.4, 0.5) is 5.69 Å². The lowest BCUT2D eigenvalue weighted by atomic mass is 10.1. The number of ether oxygens (including phenoxy) is 2. The van der Waals surface area contributed by atoms with Gasteiger partial charge in [-0.15, -0.1) is 0 Å². The fourth-order valence-corrected chi connectivity index (χ4v) is 2.75. The summed E-state index contributed by atoms with van der Waals surface area (Å²) in [6.45, 7) is 7.20. The zero-order chi connectivity index (χ0) is 21.9. The molecule has 2 aromatic rings. The highest BCUT2D eigenvalue weighted by Crippen LogP contribution is 2.29. The van der Waals surface area contributed by atoms with Crippen molar-refractivity contribution in [2.24, 2.45) is 4.99 Å². The van der Waals surface area contributed by atoms with Crippen LogP contribution in [0.25, 0.3) is 0 Å². The van der Waals surface area contributed by atoms with Gasteiger partial charge in [-0.3, -0.25) is 4.79 Å². The molecule has 30 heavy (non-hydrogen) atoms. The highest BCUT2D eigenvalue weighted by atomic mass is 16.5. The number of amides is 1. The van der Waals surface area contributed by atoms with Gasteiger partial charge in [0.15, 0.2) is 17.5 Å². The van der Waals surface area contributed by atoms with E-state index in [-0.39, 0.29) is 11.9 Å². The van der Waals surface area contributed by atoms with Gasteiger partial charge in [0.2, 0.25) is 0 Å². The third-order valence-electron chi connectivity index (χ3n) is 4.59. The zero-order valence-corrected chi connectivity index (χ0v) is 18.4. The Balaban J connectivity index is 2.13. The number of aliphatic imine (C=N–C) groups is 1. The Bertz CT molecular complexity index is 867. The van der Waals surface area contributed by atoms with Crippen LogP contribution in [-0.2, 0) is 6.54 Å². The maximum absolute atomic E-state index is 12.4. The molecule has 1 amide bonds. The molecule has 1 unspecified atom stereocenters. The Kier molecular flexibility index (Phi) is 9.00. The Morgan fingerprint density at radius 2 is 1.83 bits per heavy atom. The van der Waals surface area contributed by atoms with E-state index in [1.807, 2.05) is 63.2 Å². The molecule has 0 fully saturated rings. The first-order chi connectivity index (χ1) is 14.5. The highest BCUT2D eigenvalue weighted by Gasteiger charge is 2.09. The van der Waals surface area contributed by atoms with E-state index >= 15 is 0 Å². The van der Waals surface area contributed by atoms with Crippen LogP contribution in [0.1, 0.15) is 43.1 Å². The van der Waals surface area contributed by atoms with E-state index in [4.69, 9.17) is 9.47 Å². The molecule has 0 aliphatic carbocycles. The average Bonchev–Trinajstić information content (AvgIpc) is 2.77. The van der Waals surface area contributed by atoms with E-state index in [1.165, 1.54) is 0 Å². The lowest BCUT2D eigenvalue weighted by Crippen LogP contribution is -2.32. The summed E-state index contributed by atoms with van der Waals surface area (Å²) in [5.74, 6) is 1.88. The van der Waals surface area contributed by atoms with E-state index in [0.29, 0.717) is 29.6 Å². The highest BCUT2D eigenvalue weighted by molar-refractivity contribution is 5.95.